The van der Waals surface area contributed by atoms with E-state index in [1.54, 1.807) is 13.8 Å². The summed E-state index contributed by atoms with van der Waals surface area (Å²) in [5.41, 5.74) is 0. The van der Waals surface area contributed by atoms with Gasteiger partial charge in [0.1, 0.15) is 0 Å². The van der Waals surface area contributed by atoms with Gasteiger partial charge in [-0.15, -0.1) is 11.3 Å². The van der Waals surface area contributed by atoms with Crippen molar-refractivity contribution in [1.82, 2.24) is 9.29 Å². The zero-order valence-corrected chi connectivity index (χ0v) is 10.3. The fourth-order valence-corrected chi connectivity index (χ4v) is 3.85. The van der Waals surface area contributed by atoms with Gasteiger partial charge in [-0.25, -0.2) is 13.4 Å². The van der Waals surface area contributed by atoms with Gasteiger partial charge in [0, 0.05) is 13.1 Å². The van der Waals surface area contributed by atoms with E-state index in [4.69, 9.17) is 5.11 Å². The number of hydrogen-bond donors (Lipinski definition) is 1. The maximum Gasteiger partial charge on any atom is 0.254 e. The molecule has 0 fully saturated rings. The Morgan fingerprint density at radius 3 is 2.67 bits per heavy atom. The minimum absolute atomic E-state index is 0.121. The van der Waals surface area contributed by atoms with Gasteiger partial charge < -0.3 is 5.11 Å². The molecule has 0 aromatic carbocycles. The second kappa shape index (κ2) is 5.02. The van der Waals surface area contributed by atoms with Gasteiger partial charge in [-0.05, 0) is 6.92 Å². The molecule has 0 radical (unpaired) electrons. The molecule has 5 nitrogen and oxygen atoms in total. The molecule has 0 spiro atoms. The van der Waals surface area contributed by atoms with E-state index >= 15 is 0 Å². The number of sulfonamides is 1. The highest BCUT2D eigenvalue weighted by molar-refractivity contribution is 7.91. The molecule has 7 heteroatoms. The van der Waals surface area contributed by atoms with Crippen molar-refractivity contribution in [2.24, 2.45) is 0 Å². The largest absolute Gasteiger partial charge is 0.395 e. The number of aliphatic hydroxyl groups is 1. The first-order valence-corrected chi connectivity index (χ1v) is 6.81. The lowest BCUT2D eigenvalue weighted by atomic mass is 10.6. The van der Waals surface area contributed by atoms with E-state index in [0.29, 0.717) is 11.6 Å². The third-order valence-electron chi connectivity index (χ3n) is 1.90. The Morgan fingerprint density at radius 2 is 2.27 bits per heavy atom. The number of nitrogens with zero attached hydrogens (tertiary/aromatic N) is 2. The van der Waals surface area contributed by atoms with Crippen LogP contribution >= 0.6 is 11.3 Å². The van der Waals surface area contributed by atoms with Gasteiger partial charge in [-0.3, -0.25) is 0 Å². The summed E-state index contributed by atoms with van der Waals surface area (Å²) in [6, 6.07) is 0. The van der Waals surface area contributed by atoms with E-state index in [1.165, 1.54) is 10.5 Å². The first-order chi connectivity index (χ1) is 7.02. The molecule has 1 aromatic heterocycles. The molecule has 1 N–H and O–H groups in total. The lowest BCUT2D eigenvalue weighted by Crippen LogP contribution is -2.32. The van der Waals surface area contributed by atoms with Crippen molar-refractivity contribution < 1.29 is 13.5 Å². The average Bonchev–Trinajstić information content (AvgIpc) is 2.61. The van der Waals surface area contributed by atoms with Crippen LogP contribution in [0.3, 0.4) is 0 Å². The second-order valence-corrected chi connectivity index (χ2v) is 6.32. The molecule has 1 rings (SSSR count). The van der Waals surface area contributed by atoms with E-state index < -0.39 is 10.0 Å². The van der Waals surface area contributed by atoms with Crippen molar-refractivity contribution in [2.75, 3.05) is 19.7 Å². The molecule has 0 aliphatic rings. The number of rotatable bonds is 5. The Hall–Kier alpha value is -0.500. The molecule has 86 valence electrons. The van der Waals surface area contributed by atoms with E-state index in [-0.39, 0.29) is 17.4 Å². The standard InChI is InChI=1S/C8H14N2O3S2/c1-3-10(4-5-11)15(12,13)8-6-9-7(2)14-8/h6,11H,3-5H2,1-2H3. The summed E-state index contributed by atoms with van der Waals surface area (Å²) in [4.78, 5) is 3.91. The summed E-state index contributed by atoms with van der Waals surface area (Å²) in [5.74, 6) is 0. The van der Waals surface area contributed by atoms with Crippen molar-refractivity contribution in [3.8, 4) is 0 Å². The molecule has 0 bridgehead atoms. The first-order valence-electron chi connectivity index (χ1n) is 4.55. The molecule has 1 aromatic rings. The molecule has 0 saturated carbocycles. The highest BCUT2D eigenvalue weighted by Gasteiger charge is 2.24. The molecular formula is C8H14N2O3S2. The predicted molar refractivity (Wildman–Crippen MR) is 58.4 cm³/mol. The number of aryl methyl sites for hydroxylation is 1. The van der Waals surface area contributed by atoms with E-state index in [0.717, 1.165) is 11.3 Å². The Labute approximate surface area is 93.4 Å². The fraction of sp³-hybridized carbons (Fsp3) is 0.625. The molecule has 0 aliphatic carbocycles. The molecule has 0 amide bonds. The number of thiazole rings is 1. The van der Waals surface area contributed by atoms with Crippen LogP contribution in [0.1, 0.15) is 11.9 Å². The number of hydrogen-bond acceptors (Lipinski definition) is 5. The van der Waals surface area contributed by atoms with Crippen molar-refractivity contribution in [2.45, 2.75) is 18.1 Å². The molecule has 0 atom stereocenters. The van der Waals surface area contributed by atoms with Gasteiger partial charge in [0.25, 0.3) is 10.0 Å². The topological polar surface area (TPSA) is 70.5 Å². The van der Waals surface area contributed by atoms with Crippen LogP contribution in [-0.2, 0) is 10.0 Å². The maximum absolute atomic E-state index is 12.0. The van der Waals surface area contributed by atoms with Crippen molar-refractivity contribution >= 4 is 21.4 Å². The van der Waals surface area contributed by atoms with E-state index in [9.17, 15) is 8.42 Å². The van der Waals surface area contributed by atoms with Gasteiger partial charge in [-0.2, -0.15) is 4.31 Å². The average molecular weight is 250 g/mol. The van der Waals surface area contributed by atoms with Crippen molar-refractivity contribution in [3.63, 3.8) is 0 Å². The van der Waals surface area contributed by atoms with E-state index in [1.807, 2.05) is 0 Å². The van der Waals surface area contributed by atoms with Gasteiger partial charge in [-0.1, -0.05) is 6.92 Å². The summed E-state index contributed by atoms with van der Waals surface area (Å²) in [7, 11) is -3.46. The maximum atomic E-state index is 12.0. The molecule has 0 aliphatic heterocycles. The lowest BCUT2D eigenvalue weighted by molar-refractivity contribution is 0.257. The van der Waals surface area contributed by atoms with Crippen LogP contribution in [0.5, 0.6) is 0 Å². The third kappa shape index (κ3) is 2.75. The van der Waals surface area contributed by atoms with Crippen molar-refractivity contribution in [1.29, 1.82) is 0 Å². The summed E-state index contributed by atoms with van der Waals surface area (Å²) < 4.78 is 25.4. The molecule has 15 heavy (non-hydrogen) atoms. The summed E-state index contributed by atoms with van der Waals surface area (Å²) in [6.45, 7) is 3.79. The Balaban J connectivity index is 3.00. The second-order valence-electron chi connectivity index (χ2n) is 2.92. The van der Waals surface area contributed by atoms with Gasteiger partial charge in [0.15, 0.2) is 4.21 Å². The minimum Gasteiger partial charge on any atom is -0.395 e. The normalized spacial score (nSPS) is 12.3. The highest BCUT2D eigenvalue weighted by Crippen LogP contribution is 2.21. The van der Waals surface area contributed by atoms with Gasteiger partial charge in [0.05, 0.1) is 17.8 Å². The highest BCUT2D eigenvalue weighted by atomic mass is 32.2. The minimum atomic E-state index is -3.46. The smallest absolute Gasteiger partial charge is 0.254 e. The van der Waals surface area contributed by atoms with Crippen LogP contribution in [0.4, 0.5) is 0 Å². The SMILES string of the molecule is CCN(CCO)S(=O)(=O)c1cnc(C)s1. The summed E-state index contributed by atoms with van der Waals surface area (Å²) >= 11 is 1.14. The van der Waals surface area contributed by atoms with E-state index in [2.05, 4.69) is 4.98 Å². The Bertz CT molecular complexity index is 413. The molecule has 0 unspecified atom stereocenters. The molecule has 0 saturated heterocycles. The number of aliphatic hydroxyl groups excluding tert-OH is 1. The van der Waals surface area contributed by atoms with Crippen LogP contribution in [0.25, 0.3) is 0 Å². The summed E-state index contributed by atoms with van der Waals surface area (Å²) in [5, 5.41) is 9.48. The van der Waals surface area contributed by atoms with Gasteiger partial charge >= 0.3 is 0 Å². The van der Waals surface area contributed by atoms with Crippen LogP contribution in [-0.4, -0.2) is 42.5 Å². The molecule has 1 heterocycles. The Morgan fingerprint density at radius 1 is 1.60 bits per heavy atom. The predicted octanol–water partition coefficient (Wildman–Crippen LogP) is 0.454. The van der Waals surface area contributed by atoms with Crippen LogP contribution in [0, 0.1) is 6.92 Å². The fourth-order valence-electron chi connectivity index (χ4n) is 1.15. The monoisotopic (exact) mass is 250 g/mol. The van der Waals surface area contributed by atoms with Crippen LogP contribution in [0.2, 0.25) is 0 Å². The van der Waals surface area contributed by atoms with Crippen molar-refractivity contribution in [3.05, 3.63) is 11.2 Å². The number of likely N-dealkylation sites (N-methyl/N-ethyl adjacent to an activating group) is 1. The summed E-state index contributed by atoms with van der Waals surface area (Å²) in [6.07, 6.45) is 1.36. The Kier molecular flexibility index (Phi) is 4.21. The lowest BCUT2D eigenvalue weighted by Gasteiger charge is -2.17. The molecular weight excluding hydrogens is 236 g/mol. The first kappa shape index (κ1) is 12.6. The van der Waals surface area contributed by atoms with Crippen LogP contribution < -0.4 is 0 Å². The zero-order chi connectivity index (χ0) is 11.5. The van der Waals surface area contributed by atoms with Gasteiger partial charge in [0.2, 0.25) is 0 Å². The number of aromatic nitrogens is 1. The van der Waals surface area contributed by atoms with Crippen LogP contribution in [0.15, 0.2) is 10.4 Å². The quantitative estimate of drug-likeness (QED) is 0.824. The zero-order valence-electron chi connectivity index (χ0n) is 8.67. The third-order valence-corrected chi connectivity index (χ3v) is 5.22.